The lowest BCUT2D eigenvalue weighted by molar-refractivity contribution is -0.123. The molecular weight excluding hydrogens is 266 g/mol. The van der Waals surface area contributed by atoms with Gasteiger partial charge in [0.1, 0.15) is 5.78 Å². The molecule has 2 heterocycles. The van der Waals surface area contributed by atoms with Crippen molar-refractivity contribution in [3.8, 4) is 11.5 Å². The van der Waals surface area contributed by atoms with E-state index in [0.29, 0.717) is 17.9 Å². The van der Waals surface area contributed by atoms with E-state index in [1.54, 1.807) is 14.2 Å². The molecule has 2 atom stereocenters. The third kappa shape index (κ3) is 2.91. The van der Waals surface area contributed by atoms with Gasteiger partial charge in [-0.2, -0.15) is 0 Å². The van der Waals surface area contributed by atoms with E-state index in [2.05, 4.69) is 17.0 Å². The van der Waals surface area contributed by atoms with Crippen LogP contribution in [0.1, 0.15) is 31.2 Å². The van der Waals surface area contributed by atoms with Crippen LogP contribution in [0, 0.1) is 0 Å². The molecule has 0 N–H and O–H groups in total. The first-order chi connectivity index (χ1) is 10.2. The Hall–Kier alpha value is -1.55. The Labute approximate surface area is 126 Å². The van der Waals surface area contributed by atoms with E-state index in [1.165, 1.54) is 18.4 Å². The van der Waals surface area contributed by atoms with Crippen molar-refractivity contribution in [1.29, 1.82) is 0 Å². The van der Waals surface area contributed by atoms with Gasteiger partial charge < -0.3 is 9.47 Å². The number of nitrogens with zero attached hydrogens (tertiary/aromatic N) is 1. The minimum atomic E-state index is 0.449. The number of fused-ring (bicyclic) bond motifs is 2. The topological polar surface area (TPSA) is 38.8 Å². The lowest BCUT2D eigenvalue weighted by Crippen LogP contribution is -2.44. The smallest absolute Gasteiger partial charge is 0.160 e. The number of carbonyl (C=O) groups excluding carboxylic acids is 1. The molecule has 4 nitrogen and oxygen atoms in total. The molecule has 2 aliphatic rings. The Balaban J connectivity index is 1.64. The molecule has 114 valence electrons. The number of carbonyl (C=O) groups is 1. The zero-order valence-corrected chi connectivity index (χ0v) is 12.8. The summed E-state index contributed by atoms with van der Waals surface area (Å²) in [6, 6.07) is 7.07. The molecule has 0 amide bonds. The van der Waals surface area contributed by atoms with E-state index in [4.69, 9.17) is 9.47 Å². The highest BCUT2D eigenvalue weighted by molar-refractivity contribution is 5.80. The predicted molar refractivity (Wildman–Crippen MR) is 81.0 cm³/mol. The zero-order valence-electron chi connectivity index (χ0n) is 12.8. The highest BCUT2D eigenvalue weighted by Crippen LogP contribution is 2.34. The molecule has 2 aliphatic heterocycles. The summed E-state index contributed by atoms with van der Waals surface area (Å²) in [6.07, 6.45) is 4.86. The molecular formula is C17H23NO3. The lowest BCUT2D eigenvalue weighted by atomic mass is 10.0. The first-order valence-corrected chi connectivity index (χ1v) is 7.69. The summed E-state index contributed by atoms with van der Waals surface area (Å²) in [6.45, 7) is 1.03. The SMILES string of the molecule is COc1ccc(CCN2C3CC[C@H]2CC(=O)C3)cc1OC. The van der Waals surface area contributed by atoms with Gasteiger partial charge >= 0.3 is 0 Å². The van der Waals surface area contributed by atoms with Crippen molar-refractivity contribution in [2.75, 3.05) is 20.8 Å². The lowest BCUT2D eigenvalue weighted by Gasteiger charge is -2.33. The van der Waals surface area contributed by atoms with Gasteiger partial charge in [0.25, 0.3) is 0 Å². The molecule has 0 saturated carbocycles. The van der Waals surface area contributed by atoms with E-state index < -0.39 is 0 Å². The third-order valence-corrected chi connectivity index (χ3v) is 4.80. The van der Waals surface area contributed by atoms with Crippen molar-refractivity contribution in [2.24, 2.45) is 0 Å². The van der Waals surface area contributed by atoms with Gasteiger partial charge in [-0.1, -0.05) is 6.07 Å². The number of rotatable bonds is 5. The number of methoxy groups -OCH3 is 2. The molecule has 0 radical (unpaired) electrons. The summed E-state index contributed by atoms with van der Waals surface area (Å²) in [4.78, 5) is 14.2. The van der Waals surface area contributed by atoms with Gasteiger partial charge in [0.2, 0.25) is 0 Å². The summed E-state index contributed by atoms with van der Waals surface area (Å²) in [5.41, 5.74) is 1.25. The van der Waals surface area contributed by atoms with Crippen LogP contribution in [0.3, 0.4) is 0 Å². The summed E-state index contributed by atoms with van der Waals surface area (Å²) >= 11 is 0. The van der Waals surface area contributed by atoms with Crippen molar-refractivity contribution >= 4 is 5.78 Å². The van der Waals surface area contributed by atoms with Crippen molar-refractivity contribution in [2.45, 2.75) is 44.2 Å². The molecule has 1 aromatic carbocycles. The summed E-state index contributed by atoms with van der Waals surface area (Å²) in [5.74, 6) is 2.00. The fourth-order valence-corrected chi connectivity index (χ4v) is 3.72. The van der Waals surface area contributed by atoms with Crippen LogP contribution >= 0.6 is 0 Å². The zero-order chi connectivity index (χ0) is 14.8. The van der Waals surface area contributed by atoms with Crippen molar-refractivity contribution in [1.82, 2.24) is 4.90 Å². The first kappa shape index (κ1) is 14.4. The quantitative estimate of drug-likeness (QED) is 0.834. The van der Waals surface area contributed by atoms with Crippen LogP contribution in [0.2, 0.25) is 0 Å². The largest absolute Gasteiger partial charge is 0.493 e. The molecule has 4 heteroatoms. The maximum atomic E-state index is 11.6. The summed E-state index contributed by atoms with van der Waals surface area (Å²) in [5, 5.41) is 0. The fourth-order valence-electron chi connectivity index (χ4n) is 3.72. The number of benzene rings is 1. The standard InChI is InChI=1S/C17H23NO3/c1-20-16-6-3-12(9-17(16)21-2)7-8-18-13-4-5-14(18)11-15(19)10-13/h3,6,9,13-14H,4-5,7-8,10-11H2,1-2H3/t13-,14?/m0/s1. The second kappa shape index (κ2) is 6.06. The summed E-state index contributed by atoms with van der Waals surface area (Å²) in [7, 11) is 3.32. The van der Waals surface area contributed by atoms with Gasteiger partial charge in [-0.05, 0) is 37.0 Å². The van der Waals surface area contributed by atoms with Crippen LogP contribution in [-0.2, 0) is 11.2 Å². The van der Waals surface area contributed by atoms with Crippen LogP contribution in [0.4, 0.5) is 0 Å². The van der Waals surface area contributed by atoms with E-state index in [-0.39, 0.29) is 0 Å². The Bertz CT molecular complexity index is 513. The minimum Gasteiger partial charge on any atom is -0.493 e. The van der Waals surface area contributed by atoms with Crippen LogP contribution in [0.25, 0.3) is 0 Å². The van der Waals surface area contributed by atoms with E-state index in [0.717, 1.165) is 37.3 Å². The summed E-state index contributed by atoms with van der Waals surface area (Å²) < 4.78 is 10.6. The Kier molecular flexibility index (Phi) is 4.15. The van der Waals surface area contributed by atoms with E-state index >= 15 is 0 Å². The van der Waals surface area contributed by atoms with E-state index in [9.17, 15) is 4.79 Å². The highest BCUT2D eigenvalue weighted by atomic mass is 16.5. The number of ketones is 1. The maximum absolute atomic E-state index is 11.6. The van der Waals surface area contributed by atoms with Crippen LogP contribution in [0.5, 0.6) is 11.5 Å². The number of hydrogen-bond acceptors (Lipinski definition) is 4. The van der Waals surface area contributed by atoms with Gasteiger partial charge in [-0.25, -0.2) is 0 Å². The van der Waals surface area contributed by atoms with E-state index in [1.807, 2.05) is 6.07 Å². The predicted octanol–water partition coefficient (Wildman–Crippen LogP) is 2.44. The maximum Gasteiger partial charge on any atom is 0.160 e. The number of hydrogen-bond donors (Lipinski definition) is 0. The van der Waals surface area contributed by atoms with Gasteiger partial charge in [0, 0.05) is 31.5 Å². The third-order valence-electron chi connectivity index (χ3n) is 4.80. The molecule has 3 rings (SSSR count). The second-order valence-electron chi connectivity index (χ2n) is 6.01. The molecule has 2 saturated heterocycles. The number of Topliss-reactive ketones (excluding diaryl/α,β-unsaturated/α-hetero) is 1. The van der Waals surface area contributed by atoms with Crippen molar-refractivity contribution < 1.29 is 14.3 Å². The van der Waals surface area contributed by atoms with Crippen molar-refractivity contribution in [3.05, 3.63) is 23.8 Å². The monoisotopic (exact) mass is 289 g/mol. The molecule has 1 unspecified atom stereocenters. The van der Waals surface area contributed by atoms with Gasteiger partial charge in [-0.3, -0.25) is 9.69 Å². The van der Waals surface area contributed by atoms with Gasteiger partial charge in [-0.15, -0.1) is 0 Å². The van der Waals surface area contributed by atoms with Crippen LogP contribution in [0.15, 0.2) is 18.2 Å². The Morgan fingerprint density at radius 1 is 1.10 bits per heavy atom. The number of ether oxygens (including phenoxy) is 2. The Morgan fingerprint density at radius 2 is 1.76 bits per heavy atom. The molecule has 2 fully saturated rings. The number of piperidine rings is 1. The highest BCUT2D eigenvalue weighted by Gasteiger charge is 2.39. The van der Waals surface area contributed by atoms with Crippen LogP contribution in [-0.4, -0.2) is 43.5 Å². The van der Waals surface area contributed by atoms with Gasteiger partial charge in [0.05, 0.1) is 14.2 Å². The van der Waals surface area contributed by atoms with Crippen LogP contribution < -0.4 is 9.47 Å². The molecule has 0 aromatic heterocycles. The minimum absolute atomic E-state index is 0.449. The van der Waals surface area contributed by atoms with Gasteiger partial charge in [0.15, 0.2) is 11.5 Å². The fraction of sp³-hybridized carbons (Fsp3) is 0.588. The molecule has 0 aliphatic carbocycles. The molecule has 0 spiro atoms. The molecule has 1 aromatic rings. The average molecular weight is 289 g/mol. The van der Waals surface area contributed by atoms with Crippen molar-refractivity contribution in [3.63, 3.8) is 0 Å². The normalized spacial score (nSPS) is 25.1. The average Bonchev–Trinajstić information content (AvgIpc) is 2.74. The first-order valence-electron chi connectivity index (χ1n) is 7.69. The Morgan fingerprint density at radius 3 is 2.38 bits per heavy atom. The molecule has 21 heavy (non-hydrogen) atoms. The molecule has 2 bridgehead atoms. The second-order valence-corrected chi connectivity index (χ2v) is 6.01.